The molecule has 4 nitrogen and oxygen atoms in total. The Labute approximate surface area is 183 Å². The number of pyridine rings is 1. The van der Waals surface area contributed by atoms with E-state index in [2.05, 4.69) is 10.3 Å². The van der Waals surface area contributed by atoms with Crippen molar-refractivity contribution in [2.75, 3.05) is 11.9 Å². The predicted molar refractivity (Wildman–Crippen MR) is 115 cm³/mol. The maximum atomic E-state index is 13.9. The summed E-state index contributed by atoms with van der Waals surface area (Å²) in [7, 11) is 1.82. The highest BCUT2D eigenvalue weighted by molar-refractivity contribution is 5.94. The maximum Gasteiger partial charge on any atom is 0.280 e. The number of aromatic nitrogens is 1. The van der Waals surface area contributed by atoms with Crippen molar-refractivity contribution in [3.8, 4) is 0 Å². The zero-order valence-corrected chi connectivity index (χ0v) is 17.5. The minimum absolute atomic E-state index is 0.0274. The highest BCUT2D eigenvalue weighted by atomic mass is 19.3. The summed E-state index contributed by atoms with van der Waals surface area (Å²) >= 11 is 0. The Morgan fingerprint density at radius 1 is 1.00 bits per heavy atom. The molecule has 0 unspecified atom stereocenters. The second-order valence-electron chi connectivity index (χ2n) is 8.13. The molecule has 0 atom stereocenters. The molecule has 1 amide bonds. The molecule has 0 spiro atoms. The monoisotopic (exact) mass is 445 g/mol. The summed E-state index contributed by atoms with van der Waals surface area (Å²) < 4.78 is 53.7. The van der Waals surface area contributed by atoms with Crippen molar-refractivity contribution in [1.29, 1.82) is 0 Å². The number of hydrogen-bond donors (Lipinski definition) is 1. The average Bonchev–Trinajstić information content (AvgIpc) is 2.78. The second kappa shape index (κ2) is 9.14. The maximum absolute atomic E-state index is 13.9. The van der Waals surface area contributed by atoms with E-state index in [0.717, 1.165) is 12.8 Å². The minimum Gasteiger partial charge on any atom is -0.371 e. The topological polar surface area (TPSA) is 45.2 Å². The molecule has 168 valence electrons. The van der Waals surface area contributed by atoms with E-state index in [1.807, 2.05) is 11.9 Å². The summed E-state index contributed by atoms with van der Waals surface area (Å²) in [6.07, 6.45) is 0.151. The van der Waals surface area contributed by atoms with Gasteiger partial charge in [-0.1, -0.05) is 0 Å². The number of alkyl halides is 2. The molecule has 1 aliphatic rings. The number of nitrogens with one attached hydrogen (secondary N) is 1. The zero-order chi connectivity index (χ0) is 22.8. The van der Waals surface area contributed by atoms with Gasteiger partial charge in [-0.05, 0) is 74.2 Å². The van der Waals surface area contributed by atoms with E-state index >= 15 is 0 Å². The molecule has 1 saturated carbocycles. The summed E-state index contributed by atoms with van der Waals surface area (Å²) in [4.78, 5) is 18.3. The fraction of sp³-hybridized carbons (Fsp3) is 0.333. The Bertz CT molecular complexity index is 1110. The average molecular weight is 445 g/mol. The largest absolute Gasteiger partial charge is 0.371 e. The smallest absolute Gasteiger partial charge is 0.280 e. The van der Waals surface area contributed by atoms with Gasteiger partial charge in [-0.3, -0.25) is 4.79 Å². The Morgan fingerprint density at radius 2 is 1.66 bits per heavy atom. The van der Waals surface area contributed by atoms with Gasteiger partial charge in [-0.15, -0.1) is 0 Å². The number of nitrogens with zero attached hydrogens (tertiary/aromatic N) is 2. The third-order valence-electron chi connectivity index (χ3n) is 6.06. The van der Waals surface area contributed by atoms with Gasteiger partial charge in [0.25, 0.3) is 12.3 Å². The van der Waals surface area contributed by atoms with Crippen LogP contribution in [0, 0.1) is 11.6 Å². The van der Waals surface area contributed by atoms with Crippen molar-refractivity contribution in [2.45, 2.75) is 44.2 Å². The highest BCUT2D eigenvalue weighted by Gasteiger charge is 2.27. The SMILES string of the molecule is CN(c1cc(C(F)F)nc2ccc(F)cc12)[C@H]1CC[C@@H](NC(=O)c2ccc(F)cc2)CC1. The van der Waals surface area contributed by atoms with Crippen molar-refractivity contribution in [3.05, 3.63) is 71.4 Å². The lowest BCUT2D eigenvalue weighted by atomic mass is 9.89. The number of hydrogen-bond acceptors (Lipinski definition) is 3. The lowest BCUT2D eigenvalue weighted by Crippen LogP contribution is -2.43. The van der Waals surface area contributed by atoms with Crippen molar-refractivity contribution >= 4 is 22.5 Å². The Kier molecular flexibility index (Phi) is 6.30. The van der Waals surface area contributed by atoms with Gasteiger partial charge in [0.05, 0.1) is 5.52 Å². The van der Waals surface area contributed by atoms with Crippen molar-refractivity contribution in [1.82, 2.24) is 10.3 Å². The van der Waals surface area contributed by atoms with Crippen LogP contribution in [0.25, 0.3) is 10.9 Å². The van der Waals surface area contributed by atoms with E-state index in [9.17, 15) is 22.4 Å². The van der Waals surface area contributed by atoms with Crippen LogP contribution in [-0.4, -0.2) is 30.0 Å². The molecular formula is C24H23F4N3O. The first-order chi connectivity index (χ1) is 15.3. The molecule has 0 radical (unpaired) electrons. The Balaban J connectivity index is 1.47. The van der Waals surface area contributed by atoms with Gasteiger partial charge in [-0.25, -0.2) is 22.5 Å². The van der Waals surface area contributed by atoms with Crippen molar-refractivity contribution in [2.24, 2.45) is 0 Å². The summed E-state index contributed by atoms with van der Waals surface area (Å²) in [6, 6.07) is 10.7. The van der Waals surface area contributed by atoms with Crippen LogP contribution < -0.4 is 10.2 Å². The van der Waals surface area contributed by atoms with Crippen LogP contribution in [0.15, 0.2) is 48.5 Å². The van der Waals surface area contributed by atoms with Crippen molar-refractivity contribution in [3.63, 3.8) is 0 Å². The van der Waals surface area contributed by atoms with Gasteiger partial charge >= 0.3 is 0 Å². The third kappa shape index (κ3) is 4.69. The number of carbonyl (C=O) groups is 1. The first kappa shape index (κ1) is 22.0. The molecule has 0 saturated heterocycles. The standard InChI is InChI=1S/C24H23F4N3O/c1-31(22-13-21(23(27)28)30-20-11-6-16(26)12-19(20)22)18-9-7-17(8-10-18)29-24(32)14-2-4-15(25)5-3-14/h2-6,11-13,17-18,23H,7-10H2,1H3,(H,29,32)/t17-,18+. The van der Waals surface area contributed by atoms with Gasteiger partial charge in [0.2, 0.25) is 0 Å². The zero-order valence-electron chi connectivity index (χ0n) is 17.5. The molecule has 2 aromatic carbocycles. The van der Waals surface area contributed by atoms with E-state index in [-0.39, 0.29) is 23.7 Å². The molecule has 0 bridgehead atoms. The van der Waals surface area contributed by atoms with Crippen LogP contribution in [0.2, 0.25) is 0 Å². The molecule has 1 aliphatic carbocycles. The molecular weight excluding hydrogens is 422 g/mol. The number of amides is 1. The fourth-order valence-electron chi connectivity index (χ4n) is 4.28. The summed E-state index contributed by atoms with van der Waals surface area (Å²) in [6.45, 7) is 0. The van der Waals surface area contributed by atoms with E-state index in [1.54, 1.807) is 0 Å². The van der Waals surface area contributed by atoms with Gasteiger partial charge in [0, 0.05) is 35.8 Å². The lowest BCUT2D eigenvalue weighted by Gasteiger charge is -2.37. The Morgan fingerprint density at radius 3 is 2.31 bits per heavy atom. The van der Waals surface area contributed by atoms with Crippen LogP contribution in [-0.2, 0) is 0 Å². The third-order valence-corrected chi connectivity index (χ3v) is 6.06. The molecule has 1 aromatic heterocycles. The molecule has 0 aliphatic heterocycles. The van der Waals surface area contributed by atoms with Gasteiger partial charge in [0.15, 0.2) is 0 Å². The molecule has 8 heteroatoms. The van der Waals surface area contributed by atoms with Gasteiger partial charge in [-0.2, -0.15) is 0 Å². The molecule has 1 N–H and O–H groups in total. The van der Waals surface area contributed by atoms with Gasteiger partial charge < -0.3 is 10.2 Å². The summed E-state index contributed by atoms with van der Waals surface area (Å²) in [5.41, 5.74) is 0.900. The number of fused-ring (bicyclic) bond motifs is 1. The first-order valence-electron chi connectivity index (χ1n) is 10.5. The number of carbonyl (C=O) groups excluding carboxylic acids is 1. The second-order valence-corrected chi connectivity index (χ2v) is 8.13. The molecule has 1 heterocycles. The minimum atomic E-state index is -2.73. The predicted octanol–water partition coefficient (Wildman–Crippen LogP) is 5.63. The van der Waals surface area contributed by atoms with E-state index < -0.39 is 18.1 Å². The van der Waals surface area contributed by atoms with Crippen LogP contribution in [0.3, 0.4) is 0 Å². The molecule has 4 rings (SSSR count). The fourth-order valence-corrected chi connectivity index (χ4v) is 4.28. The van der Waals surface area contributed by atoms with Crippen LogP contribution in [0.1, 0.15) is 48.2 Å². The number of anilines is 1. The van der Waals surface area contributed by atoms with E-state index in [4.69, 9.17) is 0 Å². The lowest BCUT2D eigenvalue weighted by molar-refractivity contribution is 0.0925. The van der Waals surface area contributed by atoms with E-state index in [0.29, 0.717) is 35.0 Å². The quantitative estimate of drug-likeness (QED) is 0.518. The number of halogens is 4. The highest BCUT2D eigenvalue weighted by Crippen LogP contribution is 2.34. The van der Waals surface area contributed by atoms with Crippen molar-refractivity contribution < 1.29 is 22.4 Å². The van der Waals surface area contributed by atoms with Crippen LogP contribution in [0.5, 0.6) is 0 Å². The number of rotatable bonds is 5. The molecule has 1 fully saturated rings. The van der Waals surface area contributed by atoms with Gasteiger partial charge in [0.1, 0.15) is 17.3 Å². The molecule has 3 aromatic rings. The summed E-state index contributed by atoms with van der Waals surface area (Å²) in [5.74, 6) is -1.10. The first-order valence-corrected chi connectivity index (χ1v) is 10.5. The Hall–Kier alpha value is -3.16. The molecule has 32 heavy (non-hydrogen) atoms. The summed E-state index contributed by atoms with van der Waals surface area (Å²) in [5, 5.41) is 3.47. The number of benzene rings is 2. The normalized spacial score (nSPS) is 18.7. The van der Waals surface area contributed by atoms with Crippen LogP contribution >= 0.6 is 0 Å². The van der Waals surface area contributed by atoms with Crippen LogP contribution in [0.4, 0.5) is 23.2 Å². The van der Waals surface area contributed by atoms with E-state index in [1.165, 1.54) is 48.5 Å².